The SMILES string of the molecule is CCCCOc1ccc(NC(=O)c2ccc3ocnc3c2)cc1. The van der Waals surface area contributed by atoms with Crippen LogP contribution in [-0.2, 0) is 0 Å². The van der Waals surface area contributed by atoms with Crippen molar-refractivity contribution in [2.24, 2.45) is 0 Å². The molecule has 5 nitrogen and oxygen atoms in total. The first-order chi connectivity index (χ1) is 11.3. The Bertz CT molecular complexity index is 793. The average Bonchev–Trinajstić information content (AvgIpc) is 3.04. The second-order valence-electron chi connectivity index (χ2n) is 5.22. The summed E-state index contributed by atoms with van der Waals surface area (Å²) in [4.78, 5) is 16.3. The van der Waals surface area contributed by atoms with Crippen LogP contribution in [0, 0.1) is 0 Å². The lowest BCUT2D eigenvalue weighted by atomic mass is 10.2. The van der Waals surface area contributed by atoms with Gasteiger partial charge in [0.1, 0.15) is 11.3 Å². The van der Waals surface area contributed by atoms with E-state index >= 15 is 0 Å². The zero-order valence-electron chi connectivity index (χ0n) is 12.9. The molecule has 5 heteroatoms. The van der Waals surface area contributed by atoms with E-state index < -0.39 is 0 Å². The smallest absolute Gasteiger partial charge is 0.255 e. The molecule has 0 spiro atoms. The summed E-state index contributed by atoms with van der Waals surface area (Å²) in [5.41, 5.74) is 2.58. The van der Waals surface area contributed by atoms with Crippen LogP contribution in [0.3, 0.4) is 0 Å². The highest BCUT2D eigenvalue weighted by Gasteiger charge is 2.08. The first-order valence-corrected chi connectivity index (χ1v) is 7.64. The summed E-state index contributed by atoms with van der Waals surface area (Å²) in [6, 6.07) is 12.5. The van der Waals surface area contributed by atoms with Crippen LogP contribution in [0.15, 0.2) is 53.3 Å². The molecule has 1 heterocycles. The topological polar surface area (TPSA) is 64.4 Å². The number of aromatic nitrogens is 1. The van der Waals surface area contributed by atoms with Gasteiger partial charge >= 0.3 is 0 Å². The quantitative estimate of drug-likeness (QED) is 0.691. The fraction of sp³-hybridized carbons (Fsp3) is 0.222. The van der Waals surface area contributed by atoms with Gasteiger partial charge in [0, 0.05) is 11.3 Å². The molecule has 0 radical (unpaired) electrons. The molecule has 0 fully saturated rings. The lowest BCUT2D eigenvalue weighted by molar-refractivity contribution is 0.102. The van der Waals surface area contributed by atoms with Gasteiger partial charge in [0.2, 0.25) is 0 Å². The van der Waals surface area contributed by atoms with Gasteiger partial charge in [0.05, 0.1) is 6.61 Å². The number of amides is 1. The summed E-state index contributed by atoms with van der Waals surface area (Å²) < 4.78 is 10.8. The number of hydrogen-bond donors (Lipinski definition) is 1. The second-order valence-corrected chi connectivity index (χ2v) is 5.22. The average molecular weight is 310 g/mol. The lowest BCUT2D eigenvalue weighted by Gasteiger charge is -2.08. The number of hydrogen-bond acceptors (Lipinski definition) is 4. The van der Waals surface area contributed by atoms with Gasteiger partial charge < -0.3 is 14.5 Å². The molecule has 3 rings (SSSR count). The van der Waals surface area contributed by atoms with E-state index in [1.54, 1.807) is 18.2 Å². The fourth-order valence-corrected chi connectivity index (χ4v) is 2.17. The highest BCUT2D eigenvalue weighted by atomic mass is 16.5. The molecule has 0 saturated carbocycles. The standard InChI is InChI=1S/C18H18N2O3/c1-2-3-10-22-15-7-5-14(6-8-15)20-18(21)13-4-9-17-16(11-13)19-12-23-17/h4-9,11-12H,2-3,10H2,1H3,(H,20,21). The fourth-order valence-electron chi connectivity index (χ4n) is 2.17. The predicted octanol–water partition coefficient (Wildman–Crippen LogP) is 4.26. The van der Waals surface area contributed by atoms with Crippen molar-refractivity contribution in [1.29, 1.82) is 0 Å². The van der Waals surface area contributed by atoms with Crippen LogP contribution in [0.4, 0.5) is 5.69 Å². The number of benzene rings is 2. The number of nitrogens with one attached hydrogen (secondary N) is 1. The maximum atomic E-state index is 12.3. The number of nitrogens with zero attached hydrogens (tertiary/aromatic N) is 1. The van der Waals surface area contributed by atoms with Crippen LogP contribution < -0.4 is 10.1 Å². The third-order valence-electron chi connectivity index (χ3n) is 3.47. The predicted molar refractivity (Wildman–Crippen MR) is 88.8 cm³/mol. The molecule has 0 saturated heterocycles. The first-order valence-electron chi connectivity index (χ1n) is 7.64. The van der Waals surface area contributed by atoms with E-state index in [0.717, 1.165) is 24.3 Å². The number of oxazole rings is 1. The first kappa shape index (κ1) is 15.1. The summed E-state index contributed by atoms with van der Waals surface area (Å²) >= 11 is 0. The summed E-state index contributed by atoms with van der Waals surface area (Å²) in [5.74, 6) is 0.620. The number of unbranched alkanes of at least 4 members (excludes halogenated alkanes) is 1. The third kappa shape index (κ3) is 3.69. The van der Waals surface area contributed by atoms with Crippen molar-refractivity contribution in [1.82, 2.24) is 4.98 Å². The zero-order valence-corrected chi connectivity index (χ0v) is 12.9. The van der Waals surface area contributed by atoms with Gasteiger partial charge in [-0.15, -0.1) is 0 Å². The number of rotatable bonds is 6. The van der Waals surface area contributed by atoms with Gasteiger partial charge in [0.25, 0.3) is 5.91 Å². The number of carbonyl (C=O) groups is 1. The van der Waals surface area contributed by atoms with Crippen molar-refractivity contribution in [3.05, 3.63) is 54.4 Å². The van der Waals surface area contributed by atoms with Crippen molar-refractivity contribution < 1.29 is 13.9 Å². The van der Waals surface area contributed by atoms with E-state index in [0.29, 0.717) is 23.3 Å². The summed E-state index contributed by atoms with van der Waals surface area (Å²) in [7, 11) is 0. The molecule has 0 bridgehead atoms. The van der Waals surface area contributed by atoms with E-state index in [-0.39, 0.29) is 5.91 Å². The molecule has 0 aliphatic carbocycles. The Balaban J connectivity index is 1.64. The van der Waals surface area contributed by atoms with E-state index in [1.807, 2.05) is 24.3 Å². The molecule has 0 unspecified atom stereocenters. The van der Waals surface area contributed by atoms with Gasteiger partial charge in [0.15, 0.2) is 12.0 Å². The minimum Gasteiger partial charge on any atom is -0.494 e. The molecule has 23 heavy (non-hydrogen) atoms. The Labute approximate surface area is 134 Å². The number of ether oxygens (including phenoxy) is 1. The Morgan fingerprint density at radius 3 is 2.83 bits per heavy atom. The molecule has 0 atom stereocenters. The Morgan fingerprint density at radius 2 is 2.04 bits per heavy atom. The van der Waals surface area contributed by atoms with Crippen molar-refractivity contribution in [2.75, 3.05) is 11.9 Å². The van der Waals surface area contributed by atoms with Gasteiger partial charge in [-0.2, -0.15) is 0 Å². The lowest BCUT2D eigenvalue weighted by Crippen LogP contribution is -2.11. The number of fused-ring (bicyclic) bond motifs is 1. The molecular weight excluding hydrogens is 292 g/mol. The van der Waals surface area contributed by atoms with Gasteiger partial charge in [-0.05, 0) is 48.9 Å². The Hall–Kier alpha value is -2.82. The largest absolute Gasteiger partial charge is 0.494 e. The van der Waals surface area contributed by atoms with Crippen LogP contribution >= 0.6 is 0 Å². The third-order valence-corrected chi connectivity index (χ3v) is 3.47. The Kier molecular flexibility index (Phi) is 4.57. The Morgan fingerprint density at radius 1 is 1.22 bits per heavy atom. The zero-order chi connectivity index (χ0) is 16.1. The minimum atomic E-state index is -0.186. The van der Waals surface area contributed by atoms with Crippen LogP contribution in [0.5, 0.6) is 5.75 Å². The van der Waals surface area contributed by atoms with Crippen molar-refractivity contribution in [3.8, 4) is 5.75 Å². The molecular formula is C18H18N2O3. The van der Waals surface area contributed by atoms with Crippen LogP contribution in [0.25, 0.3) is 11.1 Å². The van der Waals surface area contributed by atoms with Crippen LogP contribution in [0.1, 0.15) is 30.1 Å². The van der Waals surface area contributed by atoms with Gasteiger partial charge in [-0.25, -0.2) is 4.98 Å². The van der Waals surface area contributed by atoms with Crippen molar-refractivity contribution in [2.45, 2.75) is 19.8 Å². The maximum Gasteiger partial charge on any atom is 0.255 e. The summed E-state index contributed by atoms with van der Waals surface area (Å²) in [5, 5.41) is 2.86. The van der Waals surface area contributed by atoms with E-state index in [9.17, 15) is 4.79 Å². The molecule has 118 valence electrons. The van der Waals surface area contributed by atoms with Crippen LogP contribution in [-0.4, -0.2) is 17.5 Å². The minimum absolute atomic E-state index is 0.186. The molecule has 1 N–H and O–H groups in total. The number of anilines is 1. The normalized spacial score (nSPS) is 10.7. The molecule has 1 aromatic heterocycles. The van der Waals surface area contributed by atoms with Gasteiger partial charge in [-0.1, -0.05) is 13.3 Å². The van der Waals surface area contributed by atoms with E-state index in [1.165, 1.54) is 6.39 Å². The van der Waals surface area contributed by atoms with E-state index in [4.69, 9.17) is 9.15 Å². The van der Waals surface area contributed by atoms with Gasteiger partial charge in [-0.3, -0.25) is 4.79 Å². The monoisotopic (exact) mass is 310 g/mol. The highest BCUT2D eigenvalue weighted by molar-refractivity contribution is 6.05. The van der Waals surface area contributed by atoms with Crippen LogP contribution in [0.2, 0.25) is 0 Å². The molecule has 3 aromatic rings. The number of carbonyl (C=O) groups excluding carboxylic acids is 1. The maximum absolute atomic E-state index is 12.3. The highest BCUT2D eigenvalue weighted by Crippen LogP contribution is 2.18. The van der Waals surface area contributed by atoms with Crippen molar-refractivity contribution >= 4 is 22.7 Å². The second kappa shape index (κ2) is 6.96. The summed E-state index contributed by atoms with van der Waals surface area (Å²) in [6.45, 7) is 2.83. The molecule has 2 aromatic carbocycles. The van der Waals surface area contributed by atoms with E-state index in [2.05, 4.69) is 17.2 Å². The van der Waals surface area contributed by atoms with Crippen molar-refractivity contribution in [3.63, 3.8) is 0 Å². The molecule has 0 aliphatic heterocycles. The molecule has 0 aliphatic rings. The molecule has 1 amide bonds. The summed E-state index contributed by atoms with van der Waals surface area (Å²) in [6.07, 6.45) is 3.50.